The van der Waals surface area contributed by atoms with Crippen LogP contribution in [-0.4, -0.2) is 40.9 Å². The highest BCUT2D eigenvalue weighted by molar-refractivity contribution is 5.90. The standard InChI is InChI=1S/C24H32N4O3/c1-18(19-11-9-14-22(16-19)28(30)31)27(3)24(29)25-23-15-8-7-10-20(23)17-26(2)21-12-5-4-6-13-21/h7-11,14-16,18,21H,4-6,12-13,17H2,1-3H3,(H,25,29)/t18-/m0/s1. The smallest absolute Gasteiger partial charge is 0.321 e. The van der Waals surface area contributed by atoms with Crippen molar-refractivity contribution in [3.8, 4) is 0 Å². The number of urea groups is 1. The molecule has 0 saturated heterocycles. The molecular formula is C24H32N4O3. The Balaban J connectivity index is 1.68. The summed E-state index contributed by atoms with van der Waals surface area (Å²) < 4.78 is 0. The number of anilines is 1. The molecule has 0 spiro atoms. The maximum absolute atomic E-state index is 13.0. The molecule has 0 heterocycles. The van der Waals surface area contributed by atoms with Gasteiger partial charge in [-0.05, 0) is 44.0 Å². The molecule has 1 fully saturated rings. The molecule has 0 aliphatic heterocycles. The number of nitrogens with one attached hydrogen (secondary N) is 1. The topological polar surface area (TPSA) is 78.7 Å². The van der Waals surface area contributed by atoms with Crippen molar-refractivity contribution >= 4 is 17.4 Å². The van der Waals surface area contributed by atoms with Crippen LogP contribution in [0.4, 0.5) is 16.2 Å². The minimum atomic E-state index is -0.421. The molecule has 0 unspecified atom stereocenters. The molecule has 1 aliphatic carbocycles. The molecule has 0 aromatic heterocycles. The third-order valence-electron chi connectivity index (χ3n) is 6.34. The Kier molecular flexibility index (Phi) is 7.63. The fourth-order valence-corrected chi connectivity index (χ4v) is 4.20. The molecule has 166 valence electrons. The molecule has 2 aromatic carbocycles. The summed E-state index contributed by atoms with van der Waals surface area (Å²) >= 11 is 0. The lowest BCUT2D eigenvalue weighted by Crippen LogP contribution is -2.35. The predicted octanol–water partition coefficient (Wildman–Crippen LogP) is 5.58. The third-order valence-corrected chi connectivity index (χ3v) is 6.34. The van der Waals surface area contributed by atoms with Crippen LogP contribution in [0.1, 0.15) is 56.2 Å². The van der Waals surface area contributed by atoms with E-state index in [1.54, 1.807) is 24.1 Å². The Bertz CT molecular complexity index is 911. The van der Waals surface area contributed by atoms with Crippen molar-refractivity contribution in [2.24, 2.45) is 0 Å². The molecule has 1 N–H and O–H groups in total. The fourth-order valence-electron chi connectivity index (χ4n) is 4.20. The van der Waals surface area contributed by atoms with Crippen LogP contribution in [0, 0.1) is 10.1 Å². The molecule has 31 heavy (non-hydrogen) atoms. The SMILES string of the molecule is C[C@@H](c1cccc([N+](=O)[O-])c1)N(C)C(=O)Nc1ccccc1CN(C)C1CCCCC1. The maximum atomic E-state index is 13.0. The molecular weight excluding hydrogens is 392 g/mol. The summed E-state index contributed by atoms with van der Waals surface area (Å²) in [5, 5.41) is 14.1. The molecule has 0 radical (unpaired) electrons. The number of amides is 2. The lowest BCUT2D eigenvalue weighted by molar-refractivity contribution is -0.384. The van der Waals surface area contributed by atoms with Crippen LogP contribution >= 0.6 is 0 Å². The monoisotopic (exact) mass is 424 g/mol. The zero-order chi connectivity index (χ0) is 22.4. The Morgan fingerprint density at radius 1 is 1.13 bits per heavy atom. The first-order valence-electron chi connectivity index (χ1n) is 10.9. The highest BCUT2D eigenvalue weighted by Crippen LogP contribution is 2.26. The summed E-state index contributed by atoms with van der Waals surface area (Å²) in [5.74, 6) is 0. The second kappa shape index (κ2) is 10.4. The van der Waals surface area contributed by atoms with E-state index in [2.05, 4.69) is 23.3 Å². The van der Waals surface area contributed by atoms with Gasteiger partial charge >= 0.3 is 6.03 Å². The molecule has 3 rings (SSSR count). The number of rotatable bonds is 7. The number of carbonyl (C=O) groups is 1. The van der Waals surface area contributed by atoms with Gasteiger partial charge in [0.25, 0.3) is 5.69 Å². The van der Waals surface area contributed by atoms with Crippen molar-refractivity contribution in [1.29, 1.82) is 0 Å². The Labute approximate surface area is 184 Å². The lowest BCUT2D eigenvalue weighted by Gasteiger charge is -2.32. The summed E-state index contributed by atoms with van der Waals surface area (Å²) in [6, 6.07) is 14.3. The number of nitrogens with zero attached hydrogens (tertiary/aromatic N) is 3. The summed E-state index contributed by atoms with van der Waals surface area (Å²) in [5.41, 5.74) is 2.62. The van der Waals surface area contributed by atoms with Crippen LogP contribution < -0.4 is 5.32 Å². The minimum absolute atomic E-state index is 0.0225. The van der Waals surface area contributed by atoms with Gasteiger partial charge in [0, 0.05) is 37.5 Å². The quantitative estimate of drug-likeness (QED) is 0.464. The van der Waals surface area contributed by atoms with Gasteiger partial charge in [0.2, 0.25) is 0 Å². The van der Waals surface area contributed by atoms with E-state index in [1.807, 2.05) is 25.1 Å². The van der Waals surface area contributed by atoms with Gasteiger partial charge in [0.1, 0.15) is 0 Å². The highest BCUT2D eigenvalue weighted by Gasteiger charge is 2.22. The third kappa shape index (κ3) is 5.82. The van der Waals surface area contributed by atoms with E-state index in [9.17, 15) is 14.9 Å². The first kappa shape index (κ1) is 22.7. The number of carbonyl (C=O) groups excluding carboxylic acids is 1. The number of benzene rings is 2. The number of nitro benzene ring substituents is 1. The number of para-hydroxylation sites is 1. The van der Waals surface area contributed by atoms with Crippen LogP contribution in [0.5, 0.6) is 0 Å². The minimum Gasteiger partial charge on any atom is -0.321 e. The average molecular weight is 425 g/mol. The molecule has 1 saturated carbocycles. The Morgan fingerprint density at radius 2 is 1.84 bits per heavy atom. The number of nitro groups is 1. The molecule has 7 nitrogen and oxygen atoms in total. The van der Waals surface area contributed by atoms with Gasteiger partial charge in [-0.1, -0.05) is 49.6 Å². The number of hydrogen-bond donors (Lipinski definition) is 1. The fraction of sp³-hybridized carbons (Fsp3) is 0.458. The average Bonchev–Trinajstić information content (AvgIpc) is 2.79. The normalized spacial score (nSPS) is 15.5. The van der Waals surface area contributed by atoms with Crippen molar-refractivity contribution in [2.45, 2.75) is 57.7 Å². The molecule has 0 bridgehead atoms. The lowest BCUT2D eigenvalue weighted by atomic mass is 9.94. The Hall–Kier alpha value is -2.93. The van der Waals surface area contributed by atoms with Gasteiger partial charge in [0.05, 0.1) is 11.0 Å². The largest absolute Gasteiger partial charge is 0.322 e. The van der Waals surface area contributed by atoms with E-state index < -0.39 is 4.92 Å². The van der Waals surface area contributed by atoms with Crippen LogP contribution in [0.25, 0.3) is 0 Å². The van der Waals surface area contributed by atoms with Gasteiger partial charge in [-0.25, -0.2) is 4.79 Å². The van der Waals surface area contributed by atoms with E-state index in [0.29, 0.717) is 6.04 Å². The van der Waals surface area contributed by atoms with Crippen LogP contribution in [0.2, 0.25) is 0 Å². The van der Waals surface area contributed by atoms with Gasteiger partial charge < -0.3 is 10.2 Å². The van der Waals surface area contributed by atoms with Crippen molar-refractivity contribution < 1.29 is 9.72 Å². The van der Waals surface area contributed by atoms with Crippen LogP contribution in [-0.2, 0) is 6.54 Å². The van der Waals surface area contributed by atoms with E-state index in [0.717, 1.165) is 23.4 Å². The first-order valence-corrected chi connectivity index (χ1v) is 10.9. The van der Waals surface area contributed by atoms with E-state index >= 15 is 0 Å². The predicted molar refractivity (Wildman–Crippen MR) is 123 cm³/mol. The van der Waals surface area contributed by atoms with Crippen molar-refractivity contribution in [3.63, 3.8) is 0 Å². The molecule has 1 aliphatic rings. The van der Waals surface area contributed by atoms with Crippen molar-refractivity contribution in [2.75, 3.05) is 19.4 Å². The molecule has 7 heteroatoms. The van der Waals surface area contributed by atoms with E-state index in [4.69, 9.17) is 0 Å². The summed E-state index contributed by atoms with van der Waals surface area (Å²) in [6.07, 6.45) is 6.36. The highest BCUT2D eigenvalue weighted by atomic mass is 16.6. The zero-order valence-corrected chi connectivity index (χ0v) is 18.6. The number of non-ortho nitro benzene ring substituents is 1. The molecule has 1 atom stereocenters. The van der Waals surface area contributed by atoms with E-state index in [1.165, 1.54) is 44.2 Å². The van der Waals surface area contributed by atoms with Gasteiger partial charge in [0.15, 0.2) is 0 Å². The van der Waals surface area contributed by atoms with Crippen LogP contribution in [0.3, 0.4) is 0 Å². The molecule has 2 amide bonds. The zero-order valence-electron chi connectivity index (χ0n) is 18.6. The summed E-state index contributed by atoms with van der Waals surface area (Å²) in [4.78, 5) is 27.6. The second-order valence-corrected chi connectivity index (χ2v) is 8.43. The van der Waals surface area contributed by atoms with Gasteiger partial charge in [-0.3, -0.25) is 15.0 Å². The van der Waals surface area contributed by atoms with Gasteiger partial charge in [-0.2, -0.15) is 0 Å². The van der Waals surface area contributed by atoms with Gasteiger partial charge in [-0.15, -0.1) is 0 Å². The number of hydrogen-bond acceptors (Lipinski definition) is 4. The maximum Gasteiger partial charge on any atom is 0.322 e. The second-order valence-electron chi connectivity index (χ2n) is 8.43. The molecule has 2 aromatic rings. The van der Waals surface area contributed by atoms with Crippen molar-refractivity contribution in [3.05, 3.63) is 69.8 Å². The van der Waals surface area contributed by atoms with E-state index in [-0.39, 0.29) is 17.8 Å². The summed E-state index contributed by atoms with van der Waals surface area (Å²) in [7, 11) is 3.86. The summed E-state index contributed by atoms with van der Waals surface area (Å²) in [6.45, 7) is 2.65. The first-order chi connectivity index (χ1) is 14.9. The van der Waals surface area contributed by atoms with Crippen molar-refractivity contribution in [1.82, 2.24) is 9.80 Å². The van der Waals surface area contributed by atoms with Crippen LogP contribution in [0.15, 0.2) is 48.5 Å². The Morgan fingerprint density at radius 3 is 2.55 bits per heavy atom.